The average molecular weight is 544 g/mol. The van der Waals surface area contributed by atoms with Gasteiger partial charge in [-0.25, -0.2) is 4.98 Å². The number of nitrogens with zero attached hydrogens (tertiary/aromatic N) is 3. The predicted molar refractivity (Wildman–Crippen MR) is 117 cm³/mol. The van der Waals surface area contributed by atoms with Gasteiger partial charge in [-0.1, -0.05) is 12.1 Å². The number of nitro groups is 1. The van der Waals surface area contributed by atoms with Gasteiger partial charge in [0, 0.05) is 44.5 Å². The maximum Gasteiger partial charge on any atom is 0.434 e. The predicted octanol–water partition coefficient (Wildman–Crippen LogP) is 3.51. The highest BCUT2D eigenvalue weighted by molar-refractivity contribution is 14.0. The molecule has 1 heterocycles. The van der Waals surface area contributed by atoms with Crippen molar-refractivity contribution in [1.82, 2.24) is 15.6 Å². The lowest BCUT2D eigenvalue weighted by molar-refractivity contribution is -0.384. The third-order valence-electron chi connectivity index (χ3n) is 3.53. The molecule has 0 aliphatic carbocycles. The van der Waals surface area contributed by atoms with Crippen LogP contribution in [0.15, 0.2) is 34.6 Å². The molecule has 0 aliphatic heterocycles. The van der Waals surface area contributed by atoms with Crippen molar-refractivity contribution >= 4 is 52.6 Å². The molecule has 0 amide bonds. The van der Waals surface area contributed by atoms with E-state index in [0.717, 1.165) is 16.7 Å². The third kappa shape index (κ3) is 8.00. The Hall–Kier alpha value is -2.16. The lowest BCUT2D eigenvalue weighted by Crippen LogP contribution is -2.40. The van der Waals surface area contributed by atoms with Crippen LogP contribution in [0.3, 0.4) is 0 Å². The third-order valence-corrected chi connectivity index (χ3v) is 4.44. The van der Waals surface area contributed by atoms with Crippen LogP contribution in [0.25, 0.3) is 0 Å². The van der Waals surface area contributed by atoms with Gasteiger partial charge in [-0.15, -0.1) is 35.3 Å². The smallest absolute Gasteiger partial charge is 0.378 e. The summed E-state index contributed by atoms with van der Waals surface area (Å²) in [6.45, 7) is 1.20. The number of hydrogen-bond acceptors (Lipinski definition) is 6. The molecule has 29 heavy (non-hydrogen) atoms. The number of anilines is 1. The number of aliphatic imine (C=N–C) groups is 1. The molecule has 2 aromatic rings. The Morgan fingerprint density at radius 2 is 1.93 bits per heavy atom. The number of hydrogen-bond donors (Lipinski definition) is 3. The number of halogens is 4. The molecule has 8 nitrogen and oxygen atoms in total. The molecule has 160 valence electrons. The van der Waals surface area contributed by atoms with Crippen LogP contribution in [-0.4, -0.2) is 42.5 Å². The van der Waals surface area contributed by atoms with Crippen molar-refractivity contribution in [2.45, 2.75) is 12.6 Å². The van der Waals surface area contributed by atoms with E-state index in [-0.39, 0.29) is 29.7 Å². The molecule has 0 atom stereocenters. The highest BCUT2D eigenvalue weighted by atomic mass is 127. The largest absolute Gasteiger partial charge is 0.434 e. The van der Waals surface area contributed by atoms with Gasteiger partial charge >= 0.3 is 6.18 Å². The van der Waals surface area contributed by atoms with Crippen LogP contribution in [0.5, 0.6) is 0 Å². The molecule has 0 saturated carbocycles. The van der Waals surface area contributed by atoms with E-state index >= 15 is 0 Å². The number of thiazole rings is 1. The summed E-state index contributed by atoms with van der Waals surface area (Å²) in [5.74, 6) is 0.469. The minimum Gasteiger partial charge on any atom is -0.378 e. The van der Waals surface area contributed by atoms with E-state index < -0.39 is 16.8 Å². The summed E-state index contributed by atoms with van der Waals surface area (Å²) in [6, 6.07) is 6.33. The van der Waals surface area contributed by atoms with Crippen molar-refractivity contribution in [2.75, 3.05) is 32.0 Å². The van der Waals surface area contributed by atoms with Crippen molar-refractivity contribution in [3.05, 3.63) is 50.5 Å². The molecule has 2 rings (SSSR count). The first-order valence-electron chi connectivity index (χ1n) is 8.24. The van der Waals surface area contributed by atoms with Crippen molar-refractivity contribution in [2.24, 2.45) is 4.99 Å². The molecule has 0 aliphatic rings. The molecule has 0 saturated heterocycles. The zero-order valence-electron chi connectivity index (χ0n) is 15.3. The lowest BCUT2D eigenvalue weighted by atomic mass is 10.2. The van der Waals surface area contributed by atoms with Crippen LogP contribution >= 0.6 is 35.3 Å². The van der Waals surface area contributed by atoms with E-state index in [1.165, 1.54) is 6.07 Å². The van der Waals surface area contributed by atoms with Crippen molar-refractivity contribution in [3.8, 4) is 0 Å². The number of nitrogens with one attached hydrogen (secondary N) is 3. The Balaban J connectivity index is 0.00000420. The van der Waals surface area contributed by atoms with Crippen LogP contribution in [0.2, 0.25) is 0 Å². The van der Waals surface area contributed by atoms with Gasteiger partial charge in [-0.2, -0.15) is 13.2 Å². The first-order valence-corrected chi connectivity index (χ1v) is 9.12. The summed E-state index contributed by atoms with van der Waals surface area (Å²) >= 11 is 0.962. The van der Waals surface area contributed by atoms with Gasteiger partial charge in [-0.05, 0) is 6.07 Å². The maximum atomic E-state index is 12.5. The number of para-hydroxylation sites is 2. The van der Waals surface area contributed by atoms with Crippen LogP contribution in [0.4, 0.5) is 24.5 Å². The Labute approximate surface area is 186 Å². The van der Waals surface area contributed by atoms with Crippen LogP contribution in [0, 0.1) is 10.1 Å². The summed E-state index contributed by atoms with van der Waals surface area (Å²) in [7, 11) is 1.57. The highest BCUT2D eigenvalue weighted by Crippen LogP contribution is 2.30. The number of benzene rings is 1. The number of alkyl halides is 3. The molecule has 1 aromatic heterocycles. The molecule has 13 heteroatoms. The summed E-state index contributed by atoms with van der Waals surface area (Å²) in [6.07, 6.45) is -4.10. The Morgan fingerprint density at radius 1 is 1.24 bits per heavy atom. The summed E-state index contributed by atoms with van der Waals surface area (Å²) < 4.78 is 37.6. The maximum absolute atomic E-state index is 12.5. The van der Waals surface area contributed by atoms with E-state index in [1.54, 1.807) is 25.2 Å². The first-order chi connectivity index (χ1) is 13.3. The first kappa shape index (κ1) is 24.9. The minimum absolute atomic E-state index is 0. The second kappa shape index (κ2) is 11.7. The average Bonchev–Trinajstić information content (AvgIpc) is 3.13. The number of guanidine groups is 1. The van der Waals surface area contributed by atoms with Gasteiger partial charge in [0.05, 0.1) is 9.93 Å². The Kier molecular flexibility index (Phi) is 10.1. The topological polar surface area (TPSA) is 104 Å². The second-order valence-electron chi connectivity index (χ2n) is 5.50. The molecule has 0 radical (unpaired) electrons. The minimum atomic E-state index is -4.43. The normalized spacial score (nSPS) is 11.5. The van der Waals surface area contributed by atoms with E-state index in [1.807, 2.05) is 0 Å². The highest BCUT2D eigenvalue weighted by Gasteiger charge is 2.33. The van der Waals surface area contributed by atoms with Gasteiger partial charge in [0.1, 0.15) is 5.69 Å². The van der Waals surface area contributed by atoms with Gasteiger partial charge < -0.3 is 16.0 Å². The standard InChI is InChI=1S/C16H19F3N6O2S.HI/c1-20-15(22-7-6-14-24-13(10-28-14)16(17,18)19)23-9-8-21-11-4-2-3-5-12(11)25(26)27;/h2-5,10,21H,6-9H2,1H3,(H2,20,22,23);1H. The fourth-order valence-electron chi connectivity index (χ4n) is 2.22. The summed E-state index contributed by atoms with van der Waals surface area (Å²) in [4.78, 5) is 18.1. The van der Waals surface area contributed by atoms with Crippen molar-refractivity contribution in [3.63, 3.8) is 0 Å². The molecule has 3 N–H and O–H groups in total. The van der Waals surface area contributed by atoms with Crippen LogP contribution < -0.4 is 16.0 Å². The zero-order valence-corrected chi connectivity index (χ0v) is 18.5. The number of rotatable bonds is 8. The lowest BCUT2D eigenvalue weighted by Gasteiger charge is -2.12. The fraction of sp³-hybridized carbons (Fsp3) is 0.375. The summed E-state index contributed by atoms with van der Waals surface area (Å²) in [5, 5.41) is 21.3. The quantitative estimate of drug-likeness (QED) is 0.117. The molecule has 0 bridgehead atoms. The van der Waals surface area contributed by atoms with Gasteiger partial charge in [0.25, 0.3) is 5.69 Å². The molecular weight excluding hydrogens is 524 g/mol. The number of nitro benzene ring substituents is 1. The van der Waals surface area contributed by atoms with Crippen LogP contribution in [-0.2, 0) is 12.6 Å². The SMILES string of the molecule is CN=C(NCCNc1ccccc1[N+](=O)[O-])NCCc1nc(C(F)(F)F)cs1.I. The number of aromatic nitrogens is 1. The Morgan fingerprint density at radius 3 is 2.55 bits per heavy atom. The van der Waals surface area contributed by atoms with E-state index in [4.69, 9.17) is 0 Å². The van der Waals surface area contributed by atoms with Gasteiger partial charge in [-0.3, -0.25) is 15.1 Å². The summed E-state index contributed by atoms with van der Waals surface area (Å²) in [5.41, 5.74) is -0.468. The van der Waals surface area contributed by atoms with E-state index in [2.05, 4.69) is 25.9 Å². The molecule has 0 spiro atoms. The van der Waals surface area contributed by atoms with Gasteiger partial charge in [0.2, 0.25) is 0 Å². The Bertz CT molecular complexity index is 831. The molecule has 0 unspecified atom stereocenters. The molecule has 1 aromatic carbocycles. The van der Waals surface area contributed by atoms with Crippen molar-refractivity contribution < 1.29 is 18.1 Å². The van der Waals surface area contributed by atoms with Crippen LogP contribution in [0.1, 0.15) is 10.7 Å². The molecular formula is C16H20F3IN6O2S. The fourth-order valence-corrected chi connectivity index (χ4v) is 3.03. The monoisotopic (exact) mass is 544 g/mol. The van der Waals surface area contributed by atoms with E-state index in [0.29, 0.717) is 42.7 Å². The zero-order chi connectivity index (χ0) is 20.6. The molecule has 0 fully saturated rings. The van der Waals surface area contributed by atoms with E-state index in [9.17, 15) is 23.3 Å². The van der Waals surface area contributed by atoms with Gasteiger partial charge in [0.15, 0.2) is 11.7 Å². The second-order valence-corrected chi connectivity index (χ2v) is 6.44. The van der Waals surface area contributed by atoms with Crippen molar-refractivity contribution in [1.29, 1.82) is 0 Å².